The predicted octanol–water partition coefficient (Wildman–Crippen LogP) is 3.97. The number of amides is 1. The van der Waals surface area contributed by atoms with E-state index < -0.39 is 5.41 Å². The molecule has 0 saturated carbocycles. The number of carbonyl (C=O) groups is 1. The van der Waals surface area contributed by atoms with Gasteiger partial charge in [-0.05, 0) is 55.5 Å². The topological polar surface area (TPSA) is 41.6 Å². The number of anilines is 2. The fourth-order valence-electron chi connectivity index (χ4n) is 4.11. The lowest BCUT2D eigenvalue weighted by Gasteiger charge is -2.36. The van der Waals surface area contributed by atoms with E-state index >= 15 is 0 Å². The molecule has 4 heteroatoms. The Labute approximate surface area is 155 Å². The van der Waals surface area contributed by atoms with Gasteiger partial charge >= 0.3 is 0 Å². The van der Waals surface area contributed by atoms with Crippen LogP contribution in [0.1, 0.15) is 31.2 Å². The largest absolute Gasteiger partial charge is 0.381 e. The molecular formula is C22H26N2O2. The van der Waals surface area contributed by atoms with Crippen molar-refractivity contribution in [2.75, 3.05) is 36.5 Å². The molecular weight excluding hydrogens is 324 g/mol. The Hall–Kier alpha value is -2.33. The number of carbonyl (C=O) groups excluding carboxylic acids is 1. The maximum Gasteiger partial charge on any atom is 0.235 e. The van der Waals surface area contributed by atoms with Gasteiger partial charge in [-0.25, -0.2) is 0 Å². The quantitative estimate of drug-likeness (QED) is 0.907. The van der Waals surface area contributed by atoms with Crippen LogP contribution < -0.4 is 10.2 Å². The molecule has 2 aromatic carbocycles. The summed E-state index contributed by atoms with van der Waals surface area (Å²) in [6.45, 7) is 3.50. The Morgan fingerprint density at radius 2 is 1.58 bits per heavy atom. The van der Waals surface area contributed by atoms with E-state index in [0.29, 0.717) is 26.1 Å². The van der Waals surface area contributed by atoms with Crippen molar-refractivity contribution in [1.29, 1.82) is 0 Å². The first kappa shape index (κ1) is 17.1. The summed E-state index contributed by atoms with van der Waals surface area (Å²) in [7, 11) is 0. The average molecular weight is 350 g/mol. The second kappa shape index (κ2) is 7.50. The van der Waals surface area contributed by atoms with Crippen LogP contribution in [0.5, 0.6) is 0 Å². The van der Waals surface area contributed by atoms with Gasteiger partial charge in [-0.2, -0.15) is 0 Å². The number of benzene rings is 2. The molecule has 0 aromatic heterocycles. The van der Waals surface area contributed by atoms with Gasteiger partial charge in [-0.3, -0.25) is 4.79 Å². The third-order valence-corrected chi connectivity index (χ3v) is 5.70. The molecule has 0 bridgehead atoms. The van der Waals surface area contributed by atoms with E-state index in [1.165, 1.54) is 18.5 Å². The van der Waals surface area contributed by atoms with Gasteiger partial charge < -0.3 is 15.0 Å². The maximum atomic E-state index is 13.3. The zero-order valence-electron chi connectivity index (χ0n) is 15.1. The van der Waals surface area contributed by atoms with Gasteiger partial charge in [0.2, 0.25) is 5.91 Å². The molecule has 2 saturated heterocycles. The van der Waals surface area contributed by atoms with Crippen molar-refractivity contribution in [3.8, 4) is 0 Å². The molecule has 0 radical (unpaired) electrons. The SMILES string of the molecule is O=C(Nc1ccc(N2CCCC2)cc1)C1(c2ccccc2)CCOCC1. The van der Waals surface area contributed by atoms with E-state index in [1.807, 2.05) is 30.3 Å². The lowest BCUT2D eigenvalue weighted by Crippen LogP contribution is -2.44. The number of rotatable bonds is 4. The normalized spacial score (nSPS) is 19.3. The highest BCUT2D eigenvalue weighted by molar-refractivity contribution is 5.99. The molecule has 0 spiro atoms. The highest BCUT2D eigenvalue weighted by Crippen LogP contribution is 2.36. The summed E-state index contributed by atoms with van der Waals surface area (Å²) in [6, 6.07) is 18.4. The predicted molar refractivity (Wildman–Crippen MR) is 105 cm³/mol. The van der Waals surface area contributed by atoms with Crippen molar-refractivity contribution in [2.24, 2.45) is 0 Å². The Balaban J connectivity index is 1.53. The van der Waals surface area contributed by atoms with Crippen LogP contribution >= 0.6 is 0 Å². The second-order valence-corrected chi connectivity index (χ2v) is 7.26. The van der Waals surface area contributed by atoms with E-state index in [2.05, 4.69) is 34.5 Å². The fourth-order valence-corrected chi connectivity index (χ4v) is 4.11. The number of hydrogen-bond acceptors (Lipinski definition) is 3. The van der Waals surface area contributed by atoms with Crippen LogP contribution in [0.2, 0.25) is 0 Å². The molecule has 1 N–H and O–H groups in total. The molecule has 2 fully saturated rings. The van der Waals surface area contributed by atoms with Gasteiger partial charge in [-0.15, -0.1) is 0 Å². The lowest BCUT2D eigenvalue weighted by atomic mass is 9.73. The Bertz CT molecular complexity index is 730. The van der Waals surface area contributed by atoms with Crippen molar-refractivity contribution in [3.63, 3.8) is 0 Å². The van der Waals surface area contributed by atoms with Crippen molar-refractivity contribution in [2.45, 2.75) is 31.1 Å². The van der Waals surface area contributed by atoms with E-state index in [1.54, 1.807) is 0 Å². The van der Waals surface area contributed by atoms with Crippen LogP contribution in [0.15, 0.2) is 54.6 Å². The first-order valence-corrected chi connectivity index (χ1v) is 9.58. The Kier molecular flexibility index (Phi) is 4.93. The molecule has 0 aliphatic carbocycles. The maximum absolute atomic E-state index is 13.3. The fraction of sp³-hybridized carbons (Fsp3) is 0.409. The summed E-state index contributed by atoms with van der Waals surface area (Å²) < 4.78 is 5.53. The third kappa shape index (κ3) is 3.34. The van der Waals surface area contributed by atoms with E-state index in [-0.39, 0.29) is 5.91 Å². The van der Waals surface area contributed by atoms with Crippen LogP contribution in [0.3, 0.4) is 0 Å². The summed E-state index contributed by atoms with van der Waals surface area (Å²) in [5, 5.41) is 3.16. The van der Waals surface area contributed by atoms with Crippen LogP contribution in [0.25, 0.3) is 0 Å². The Morgan fingerprint density at radius 1 is 0.923 bits per heavy atom. The van der Waals surface area contributed by atoms with Crippen LogP contribution in [0.4, 0.5) is 11.4 Å². The zero-order valence-corrected chi connectivity index (χ0v) is 15.1. The summed E-state index contributed by atoms with van der Waals surface area (Å²) in [5.74, 6) is 0.0703. The number of hydrogen-bond donors (Lipinski definition) is 1. The molecule has 1 amide bonds. The minimum absolute atomic E-state index is 0.0703. The molecule has 26 heavy (non-hydrogen) atoms. The van der Waals surface area contributed by atoms with Crippen molar-refractivity contribution in [1.82, 2.24) is 0 Å². The molecule has 2 aromatic rings. The molecule has 4 nitrogen and oxygen atoms in total. The molecule has 2 heterocycles. The third-order valence-electron chi connectivity index (χ3n) is 5.70. The highest BCUT2D eigenvalue weighted by atomic mass is 16.5. The smallest absolute Gasteiger partial charge is 0.235 e. The van der Waals surface area contributed by atoms with Gasteiger partial charge in [0.05, 0.1) is 5.41 Å². The minimum Gasteiger partial charge on any atom is -0.381 e. The summed E-state index contributed by atoms with van der Waals surface area (Å²) in [6.07, 6.45) is 3.96. The summed E-state index contributed by atoms with van der Waals surface area (Å²) >= 11 is 0. The van der Waals surface area contributed by atoms with E-state index in [9.17, 15) is 4.79 Å². The molecule has 0 unspecified atom stereocenters. The second-order valence-electron chi connectivity index (χ2n) is 7.26. The molecule has 2 aliphatic heterocycles. The number of ether oxygens (including phenoxy) is 1. The average Bonchev–Trinajstić information content (AvgIpc) is 3.24. The van der Waals surface area contributed by atoms with Crippen molar-refractivity contribution in [3.05, 3.63) is 60.2 Å². The Morgan fingerprint density at radius 3 is 2.23 bits per heavy atom. The van der Waals surface area contributed by atoms with E-state index in [4.69, 9.17) is 4.74 Å². The van der Waals surface area contributed by atoms with Crippen LogP contribution in [-0.4, -0.2) is 32.2 Å². The van der Waals surface area contributed by atoms with Gasteiger partial charge in [0, 0.05) is 37.7 Å². The zero-order chi connectivity index (χ0) is 17.8. The van der Waals surface area contributed by atoms with Crippen molar-refractivity contribution >= 4 is 17.3 Å². The van der Waals surface area contributed by atoms with Crippen LogP contribution in [-0.2, 0) is 14.9 Å². The number of nitrogens with one attached hydrogen (secondary N) is 1. The van der Waals surface area contributed by atoms with E-state index in [0.717, 1.165) is 24.3 Å². The lowest BCUT2D eigenvalue weighted by molar-refractivity contribution is -0.125. The monoisotopic (exact) mass is 350 g/mol. The molecule has 4 rings (SSSR count). The van der Waals surface area contributed by atoms with Gasteiger partial charge in [-0.1, -0.05) is 30.3 Å². The molecule has 136 valence electrons. The van der Waals surface area contributed by atoms with Gasteiger partial charge in [0.15, 0.2) is 0 Å². The first-order valence-electron chi connectivity index (χ1n) is 9.58. The molecule has 2 aliphatic rings. The van der Waals surface area contributed by atoms with Gasteiger partial charge in [0.1, 0.15) is 0 Å². The van der Waals surface area contributed by atoms with Gasteiger partial charge in [0.25, 0.3) is 0 Å². The standard InChI is InChI=1S/C22H26N2O2/c25-21(22(12-16-26-17-13-22)18-6-2-1-3-7-18)23-19-8-10-20(11-9-19)24-14-4-5-15-24/h1-3,6-11H,4-5,12-17H2,(H,23,25). The minimum atomic E-state index is -0.507. The number of nitrogens with zero attached hydrogens (tertiary/aromatic N) is 1. The summed E-state index contributed by atoms with van der Waals surface area (Å²) in [5.41, 5.74) is 2.67. The summed E-state index contributed by atoms with van der Waals surface area (Å²) in [4.78, 5) is 15.7. The van der Waals surface area contributed by atoms with Crippen molar-refractivity contribution < 1.29 is 9.53 Å². The molecule has 0 atom stereocenters. The van der Waals surface area contributed by atoms with Crippen LogP contribution in [0, 0.1) is 0 Å². The highest BCUT2D eigenvalue weighted by Gasteiger charge is 2.41. The first-order chi connectivity index (χ1) is 12.8.